The van der Waals surface area contributed by atoms with Crippen LogP contribution in [0, 0.1) is 11.6 Å². The van der Waals surface area contributed by atoms with Gasteiger partial charge in [-0.2, -0.15) is 0 Å². The number of halogens is 2. The molecule has 1 atom stereocenters. The molecule has 17 heavy (non-hydrogen) atoms. The van der Waals surface area contributed by atoms with E-state index in [4.69, 9.17) is 5.11 Å². The first-order valence-corrected chi connectivity index (χ1v) is 6.58. The molecule has 96 valence electrons. The maximum Gasteiger partial charge on any atom is 0.136 e. The fraction of sp³-hybridized carbons (Fsp3) is 0.500. The quantitative estimate of drug-likeness (QED) is 0.739. The monoisotopic (exact) mass is 261 g/mol. The molecule has 0 aromatic heterocycles. The van der Waals surface area contributed by atoms with Gasteiger partial charge in [0.25, 0.3) is 0 Å². The zero-order chi connectivity index (χ0) is 12.7. The lowest BCUT2D eigenvalue weighted by Crippen LogP contribution is -2.35. The number of thioether (sulfide) groups is 1. The van der Waals surface area contributed by atoms with Crippen LogP contribution in [0.4, 0.5) is 8.78 Å². The normalized spacial score (nSPS) is 12.7. The predicted octanol–water partition coefficient (Wildman–Crippen LogP) is 2.42. The summed E-state index contributed by atoms with van der Waals surface area (Å²) in [5.74, 6) is -0.365. The van der Waals surface area contributed by atoms with Crippen molar-refractivity contribution in [1.29, 1.82) is 0 Å². The number of nitrogens with one attached hydrogen (secondary N) is 1. The van der Waals surface area contributed by atoms with E-state index in [2.05, 4.69) is 5.32 Å². The Morgan fingerprint density at radius 2 is 2.18 bits per heavy atom. The van der Waals surface area contributed by atoms with Crippen molar-refractivity contribution in [3.8, 4) is 0 Å². The van der Waals surface area contributed by atoms with Gasteiger partial charge in [-0.1, -0.05) is 6.92 Å². The molecule has 0 fully saturated rings. The molecule has 0 aliphatic heterocycles. The molecule has 0 radical (unpaired) electrons. The van der Waals surface area contributed by atoms with Gasteiger partial charge in [0.2, 0.25) is 0 Å². The second kappa shape index (κ2) is 7.63. The highest BCUT2D eigenvalue weighted by Gasteiger charge is 2.10. The fourth-order valence-electron chi connectivity index (χ4n) is 1.30. The first kappa shape index (κ1) is 14.4. The first-order chi connectivity index (χ1) is 8.17. The molecule has 1 aromatic rings. The molecular formula is C12H17F2NOS. The summed E-state index contributed by atoms with van der Waals surface area (Å²) in [7, 11) is 0. The summed E-state index contributed by atoms with van der Waals surface area (Å²) < 4.78 is 26.2. The number of aliphatic hydroxyl groups excluding tert-OH is 1. The van der Waals surface area contributed by atoms with Crippen molar-refractivity contribution in [3.63, 3.8) is 0 Å². The number of rotatable bonds is 7. The summed E-state index contributed by atoms with van der Waals surface area (Å²) in [6.45, 7) is 2.82. The molecule has 0 heterocycles. The highest BCUT2D eigenvalue weighted by Crippen LogP contribution is 2.23. The van der Waals surface area contributed by atoms with Crippen LogP contribution in [0.15, 0.2) is 23.1 Å². The van der Waals surface area contributed by atoms with E-state index < -0.39 is 11.6 Å². The summed E-state index contributed by atoms with van der Waals surface area (Å²) in [5, 5.41) is 12.2. The van der Waals surface area contributed by atoms with Crippen LogP contribution in [0.5, 0.6) is 0 Å². The molecule has 2 nitrogen and oxygen atoms in total. The molecule has 0 saturated heterocycles. The Morgan fingerprint density at radius 1 is 1.41 bits per heavy atom. The van der Waals surface area contributed by atoms with Gasteiger partial charge in [-0.15, -0.1) is 11.8 Å². The highest BCUT2D eigenvalue weighted by molar-refractivity contribution is 7.99. The SMILES string of the molecule is CCCNC(CO)CSc1cc(F)ccc1F. The minimum Gasteiger partial charge on any atom is -0.395 e. The van der Waals surface area contributed by atoms with E-state index in [9.17, 15) is 8.78 Å². The van der Waals surface area contributed by atoms with Crippen molar-refractivity contribution in [3.05, 3.63) is 29.8 Å². The van der Waals surface area contributed by atoms with E-state index in [1.807, 2.05) is 6.92 Å². The van der Waals surface area contributed by atoms with Crippen LogP contribution in [0.1, 0.15) is 13.3 Å². The molecular weight excluding hydrogens is 244 g/mol. The van der Waals surface area contributed by atoms with Crippen molar-refractivity contribution in [2.45, 2.75) is 24.3 Å². The van der Waals surface area contributed by atoms with Crippen LogP contribution in [0.2, 0.25) is 0 Å². The molecule has 5 heteroatoms. The van der Waals surface area contributed by atoms with Gasteiger partial charge in [-0.3, -0.25) is 0 Å². The van der Waals surface area contributed by atoms with Gasteiger partial charge in [0.1, 0.15) is 11.6 Å². The second-order valence-electron chi connectivity index (χ2n) is 3.72. The lowest BCUT2D eigenvalue weighted by atomic mass is 10.3. The zero-order valence-corrected chi connectivity index (χ0v) is 10.6. The minimum atomic E-state index is -0.448. The van der Waals surface area contributed by atoms with Crippen molar-refractivity contribution in [2.24, 2.45) is 0 Å². The van der Waals surface area contributed by atoms with Crippen molar-refractivity contribution >= 4 is 11.8 Å². The van der Waals surface area contributed by atoms with Crippen LogP contribution in [-0.4, -0.2) is 30.1 Å². The third kappa shape index (κ3) is 5.02. The standard InChI is InChI=1S/C12H17F2NOS/c1-2-5-15-10(7-16)8-17-12-6-9(13)3-4-11(12)14/h3-4,6,10,15-16H,2,5,7-8H2,1H3. The number of hydrogen-bond donors (Lipinski definition) is 2. The van der Waals surface area contributed by atoms with E-state index in [0.717, 1.165) is 25.1 Å². The van der Waals surface area contributed by atoms with Gasteiger partial charge >= 0.3 is 0 Å². The molecule has 0 saturated carbocycles. The third-order valence-electron chi connectivity index (χ3n) is 2.24. The largest absolute Gasteiger partial charge is 0.395 e. The Hall–Kier alpha value is -0.650. The van der Waals surface area contributed by atoms with E-state index in [1.165, 1.54) is 17.8 Å². The Bertz CT molecular complexity index is 349. The first-order valence-electron chi connectivity index (χ1n) is 5.59. The molecule has 1 aromatic carbocycles. The van der Waals surface area contributed by atoms with E-state index >= 15 is 0 Å². The van der Waals surface area contributed by atoms with Crippen molar-refractivity contribution in [2.75, 3.05) is 18.9 Å². The van der Waals surface area contributed by atoms with Crippen LogP contribution >= 0.6 is 11.8 Å². The molecule has 1 rings (SSSR count). The van der Waals surface area contributed by atoms with Crippen LogP contribution in [0.25, 0.3) is 0 Å². The summed E-state index contributed by atoms with van der Waals surface area (Å²) in [5.41, 5.74) is 0. The van der Waals surface area contributed by atoms with Gasteiger partial charge in [-0.25, -0.2) is 8.78 Å². The highest BCUT2D eigenvalue weighted by atomic mass is 32.2. The molecule has 0 aliphatic rings. The van der Waals surface area contributed by atoms with E-state index in [1.54, 1.807) is 0 Å². The van der Waals surface area contributed by atoms with Gasteiger partial charge in [0.15, 0.2) is 0 Å². The third-order valence-corrected chi connectivity index (χ3v) is 3.43. The second-order valence-corrected chi connectivity index (χ2v) is 4.78. The topological polar surface area (TPSA) is 32.3 Å². The average molecular weight is 261 g/mol. The number of benzene rings is 1. The minimum absolute atomic E-state index is 0.00999. The maximum atomic E-state index is 13.3. The lowest BCUT2D eigenvalue weighted by molar-refractivity contribution is 0.254. The van der Waals surface area contributed by atoms with Crippen LogP contribution in [-0.2, 0) is 0 Å². The number of aliphatic hydroxyl groups is 1. The molecule has 2 N–H and O–H groups in total. The molecule has 1 unspecified atom stereocenters. The van der Waals surface area contributed by atoms with Gasteiger partial charge in [0, 0.05) is 16.7 Å². The Kier molecular flexibility index (Phi) is 6.47. The van der Waals surface area contributed by atoms with Crippen LogP contribution in [0.3, 0.4) is 0 Å². The maximum absolute atomic E-state index is 13.3. The molecule has 0 aliphatic carbocycles. The zero-order valence-electron chi connectivity index (χ0n) is 9.75. The smallest absolute Gasteiger partial charge is 0.136 e. The lowest BCUT2D eigenvalue weighted by Gasteiger charge is -2.15. The molecule has 0 spiro atoms. The Morgan fingerprint density at radius 3 is 2.82 bits per heavy atom. The van der Waals surface area contributed by atoms with Crippen LogP contribution < -0.4 is 5.32 Å². The number of hydrogen-bond acceptors (Lipinski definition) is 3. The van der Waals surface area contributed by atoms with E-state index in [-0.39, 0.29) is 17.5 Å². The van der Waals surface area contributed by atoms with E-state index in [0.29, 0.717) is 5.75 Å². The summed E-state index contributed by atoms with van der Waals surface area (Å²) in [4.78, 5) is 0.279. The van der Waals surface area contributed by atoms with Crippen molar-refractivity contribution in [1.82, 2.24) is 5.32 Å². The predicted molar refractivity (Wildman–Crippen MR) is 66.2 cm³/mol. The van der Waals surface area contributed by atoms with Gasteiger partial charge in [0.05, 0.1) is 6.61 Å². The molecule has 0 amide bonds. The molecule has 0 bridgehead atoms. The fourth-order valence-corrected chi connectivity index (χ4v) is 2.31. The average Bonchev–Trinajstić information content (AvgIpc) is 2.33. The Labute approximate surface area is 104 Å². The Balaban J connectivity index is 2.50. The van der Waals surface area contributed by atoms with Gasteiger partial charge < -0.3 is 10.4 Å². The van der Waals surface area contributed by atoms with Gasteiger partial charge in [-0.05, 0) is 31.2 Å². The summed E-state index contributed by atoms with van der Waals surface area (Å²) in [6.07, 6.45) is 0.968. The van der Waals surface area contributed by atoms with Crippen molar-refractivity contribution < 1.29 is 13.9 Å². The summed E-state index contributed by atoms with van der Waals surface area (Å²) >= 11 is 1.21. The summed E-state index contributed by atoms with van der Waals surface area (Å²) in [6, 6.07) is 3.29.